The summed E-state index contributed by atoms with van der Waals surface area (Å²) in [6.45, 7) is 0.630. The fraction of sp³-hybridized carbons (Fsp3) is 0.371. The van der Waals surface area contributed by atoms with E-state index in [1.54, 1.807) is 9.80 Å². The summed E-state index contributed by atoms with van der Waals surface area (Å²) in [6, 6.07) is 10.1. The van der Waals surface area contributed by atoms with Gasteiger partial charge in [-0.3, -0.25) is 4.79 Å². The molecule has 3 aromatic carbocycles. The zero-order chi connectivity index (χ0) is 37.4. The van der Waals surface area contributed by atoms with Gasteiger partial charge in [-0.2, -0.15) is 39.5 Å². The number of anilines is 4. The molecule has 52 heavy (non-hydrogen) atoms. The van der Waals surface area contributed by atoms with E-state index < -0.39 is 47.1 Å². The Morgan fingerprint density at radius 2 is 1.37 bits per heavy atom. The predicted molar refractivity (Wildman–Crippen MR) is 176 cm³/mol. The van der Waals surface area contributed by atoms with Gasteiger partial charge >= 0.3 is 24.5 Å². The molecule has 0 aliphatic carbocycles. The summed E-state index contributed by atoms with van der Waals surface area (Å²) >= 11 is 0. The molecule has 6 rings (SSSR count). The van der Waals surface area contributed by atoms with Crippen molar-refractivity contribution in [3.8, 4) is 5.69 Å². The summed E-state index contributed by atoms with van der Waals surface area (Å²) in [7, 11) is 0. The standard InChI is InChI=1S/C35H33F9N6O2/c36-33(37,38)24-2-1-3-26(17-24)47-12-14-49(15-13-47)30-19-31(50-11-8-45-21-50)28(18-27(30)35(42,43)44)46-20-23-16-25(34(39,40)41)4-5-29(23)48-9-6-22(7-10-48)32(51)52/h1-5,8,11,16-19,21-22,46H,6-7,9-10,12-15,20H2,(H,51,52). The third-order valence-electron chi connectivity index (χ3n) is 9.42. The number of piperidine rings is 1. The molecule has 0 atom stereocenters. The molecule has 0 radical (unpaired) electrons. The molecule has 2 N–H and O–H groups in total. The topological polar surface area (TPSA) is 76.9 Å². The number of piperazine rings is 1. The molecule has 1 aromatic heterocycles. The zero-order valence-corrected chi connectivity index (χ0v) is 27.4. The number of nitrogens with one attached hydrogen (secondary N) is 1. The number of hydrogen-bond acceptors (Lipinski definition) is 6. The number of carboxylic acids is 1. The number of carboxylic acid groups (broad SMARTS) is 1. The maximum atomic E-state index is 14.7. The summed E-state index contributed by atoms with van der Waals surface area (Å²) in [5.74, 6) is -1.55. The molecule has 8 nitrogen and oxygen atoms in total. The summed E-state index contributed by atoms with van der Waals surface area (Å²) in [4.78, 5) is 20.4. The van der Waals surface area contributed by atoms with Crippen LogP contribution >= 0.6 is 0 Å². The van der Waals surface area contributed by atoms with E-state index in [0.29, 0.717) is 11.4 Å². The van der Waals surface area contributed by atoms with Crippen LogP contribution in [0, 0.1) is 5.92 Å². The number of carbonyl (C=O) groups is 1. The van der Waals surface area contributed by atoms with Gasteiger partial charge in [0, 0.05) is 69.6 Å². The first-order chi connectivity index (χ1) is 24.5. The number of rotatable bonds is 8. The number of imidazole rings is 1. The van der Waals surface area contributed by atoms with Crippen LogP contribution in [0.25, 0.3) is 5.69 Å². The fourth-order valence-corrected chi connectivity index (χ4v) is 6.68. The third kappa shape index (κ3) is 8.02. The molecule has 0 spiro atoms. The second-order valence-corrected chi connectivity index (χ2v) is 12.7. The van der Waals surface area contributed by atoms with Gasteiger partial charge in [0.25, 0.3) is 0 Å². The van der Waals surface area contributed by atoms with Gasteiger partial charge in [-0.15, -0.1) is 0 Å². The van der Waals surface area contributed by atoms with E-state index in [1.807, 2.05) is 0 Å². The first kappa shape index (κ1) is 36.7. The van der Waals surface area contributed by atoms with Gasteiger partial charge in [0.05, 0.1) is 46.0 Å². The molecule has 2 aliphatic heterocycles. The van der Waals surface area contributed by atoms with Crippen molar-refractivity contribution in [1.29, 1.82) is 0 Å². The molecule has 4 aromatic rings. The van der Waals surface area contributed by atoms with E-state index >= 15 is 0 Å². The van der Waals surface area contributed by atoms with Crippen molar-refractivity contribution in [2.24, 2.45) is 5.92 Å². The van der Waals surface area contributed by atoms with Gasteiger partial charge in [-0.05, 0) is 66.9 Å². The maximum Gasteiger partial charge on any atom is 0.418 e. The van der Waals surface area contributed by atoms with Crippen LogP contribution in [0.1, 0.15) is 35.1 Å². The van der Waals surface area contributed by atoms with Crippen LogP contribution < -0.4 is 20.0 Å². The zero-order valence-electron chi connectivity index (χ0n) is 27.4. The monoisotopic (exact) mass is 740 g/mol. The minimum atomic E-state index is -4.85. The van der Waals surface area contributed by atoms with E-state index in [1.165, 1.54) is 52.5 Å². The number of aliphatic carboxylic acids is 1. The molecule has 0 amide bonds. The van der Waals surface area contributed by atoms with E-state index in [2.05, 4.69) is 10.3 Å². The van der Waals surface area contributed by atoms with Crippen LogP contribution in [-0.4, -0.2) is 59.9 Å². The second-order valence-electron chi connectivity index (χ2n) is 12.7. The Bertz CT molecular complexity index is 1880. The third-order valence-corrected chi connectivity index (χ3v) is 9.42. The lowest BCUT2D eigenvalue weighted by molar-refractivity contribution is -0.142. The lowest BCUT2D eigenvalue weighted by Crippen LogP contribution is -2.47. The second kappa shape index (κ2) is 14.1. The molecule has 278 valence electrons. The van der Waals surface area contributed by atoms with E-state index in [4.69, 9.17) is 0 Å². The molecule has 3 heterocycles. The molecule has 2 aliphatic rings. The summed E-state index contributed by atoms with van der Waals surface area (Å²) < 4.78 is 127. The van der Waals surface area contributed by atoms with Crippen molar-refractivity contribution in [3.63, 3.8) is 0 Å². The number of aromatic nitrogens is 2. The van der Waals surface area contributed by atoms with Crippen molar-refractivity contribution in [3.05, 3.63) is 95.6 Å². The van der Waals surface area contributed by atoms with Crippen molar-refractivity contribution in [1.82, 2.24) is 9.55 Å². The van der Waals surface area contributed by atoms with Crippen LogP contribution in [0.15, 0.2) is 73.3 Å². The average molecular weight is 741 g/mol. The van der Waals surface area contributed by atoms with Gasteiger partial charge < -0.3 is 29.7 Å². The highest BCUT2D eigenvalue weighted by Crippen LogP contribution is 2.42. The van der Waals surface area contributed by atoms with Gasteiger partial charge in [0.2, 0.25) is 0 Å². The Morgan fingerprint density at radius 3 is 1.96 bits per heavy atom. The van der Waals surface area contributed by atoms with Crippen molar-refractivity contribution >= 4 is 28.7 Å². The molecule has 0 unspecified atom stereocenters. The smallest absolute Gasteiger partial charge is 0.418 e. The minimum Gasteiger partial charge on any atom is -0.481 e. The lowest BCUT2D eigenvalue weighted by Gasteiger charge is -2.39. The Hall–Kier alpha value is -5.09. The van der Waals surface area contributed by atoms with Crippen LogP contribution in [0.2, 0.25) is 0 Å². The molecule has 17 heteroatoms. The molecule has 2 fully saturated rings. The molecule has 2 saturated heterocycles. The summed E-state index contributed by atoms with van der Waals surface area (Å²) in [5.41, 5.74) is -1.91. The summed E-state index contributed by atoms with van der Waals surface area (Å²) in [6.07, 6.45) is -9.26. The first-order valence-corrected chi connectivity index (χ1v) is 16.3. The van der Waals surface area contributed by atoms with Crippen LogP contribution in [0.4, 0.5) is 62.3 Å². The maximum absolute atomic E-state index is 14.7. The van der Waals surface area contributed by atoms with Crippen molar-refractivity contribution in [2.45, 2.75) is 37.9 Å². The van der Waals surface area contributed by atoms with Gasteiger partial charge in [-0.1, -0.05) is 6.07 Å². The Kier molecular flexibility index (Phi) is 9.98. The van der Waals surface area contributed by atoms with E-state index in [9.17, 15) is 49.4 Å². The molecular formula is C35H33F9N6O2. The highest BCUT2D eigenvalue weighted by molar-refractivity contribution is 5.74. The molecular weight excluding hydrogens is 707 g/mol. The van der Waals surface area contributed by atoms with Crippen molar-refractivity contribution < 1.29 is 49.4 Å². The highest BCUT2D eigenvalue weighted by Gasteiger charge is 2.38. The largest absolute Gasteiger partial charge is 0.481 e. The SMILES string of the molecule is O=C(O)C1CCN(c2ccc(C(F)(F)F)cc2CNc2cc(C(F)(F)F)c(N3CCN(c4cccc(C(F)(F)F)c4)CC3)cc2-n2ccnc2)CC1. The molecule has 0 bridgehead atoms. The number of nitrogens with zero attached hydrogens (tertiary/aromatic N) is 5. The Morgan fingerprint density at radius 1 is 0.731 bits per heavy atom. The number of hydrogen-bond donors (Lipinski definition) is 2. The van der Waals surface area contributed by atoms with Crippen LogP contribution in [0.3, 0.4) is 0 Å². The number of halogens is 9. The van der Waals surface area contributed by atoms with Gasteiger partial charge in [-0.25, -0.2) is 4.98 Å². The fourth-order valence-electron chi connectivity index (χ4n) is 6.68. The lowest BCUT2D eigenvalue weighted by atomic mass is 9.95. The van der Waals surface area contributed by atoms with Crippen molar-refractivity contribution in [2.75, 3.05) is 59.3 Å². The van der Waals surface area contributed by atoms with E-state index in [0.717, 1.165) is 30.3 Å². The minimum absolute atomic E-state index is 0.0374. The van der Waals surface area contributed by atoms with Crippen LogP contribution in [-0.2, 0) is 29.9 Å². The summed E-state index contributed by atoms with van der Waals surface area (Å²) in [5, 5.41) is 12.3. The Labute approximate surface area is 292 Å². The Balaban J connectivity index is 1.31. The number of benzene rings is 3. The van der Waals surface area contributed by atoms with E-state index in [-0.39, 0.29) is 81.3 Å². The van der Waals surface area contributed by atoms with Gasteiger partial charge in [0.15, 0.2) is 0 Å². The molecule has 0 saturated carbocycles. The number of alkyl halides is 9. The first-order valence-electron chi connectivity index (χ1n) is 16.3. The normalized spacial score (nSPS) is 16.4. The average Bonchev–Trinajstić information content (AvgIpc) is 3.64. The predicted octanol–water partition coefficient (Wildman–Crippen LogP) is 8.17. The quantitative estimate of drug-likeness (QED) is 0.177. The highest BCUT2D eigenvalue weighted by atomic mass is 19.4. The van der Waals surface area contributed by atoms with Gasteiger partial charge in [0.1, 0.15) is 0 Å². The van der Waals surface area contributed by atoms with Crippen LogP contribution in [0.5, 0.6) is 0 Å².